The third-order valence-corrected chi connectivity index (χ3v) is 6.28. The monoisotopic (exact) mass is 536 g/mol. The van der Waals surface area contributed by atoms with Gasteiger partial charge in [-0.3, -0.25) is 4.79 Å². The SMILES string of the molecule is C/C=C\C(N/C=C(\C)Br)C(c1ccc(Cl)cc1/C=C(\C)C=O)C1CCN(C(=O)OCC)CC1. The van der Waals surface area contributed by atoms with Crippen molar-refractivity contribution in [3.8, 4) is 0 Å². The second-order valence-corrected chi connectivity index (χ2v) is 9.97. The second kappa shape index (κ2) is 13.6. The average Bonchev–Trinajstić information content (AvgIpc) is 2.79. The number of nitrogens with one attached hydrogen (secondary N) is 1. The summed E-state index contributed by atoms with van der Waals surface area (Å²) in [6.45, 7) is 9.30. The number of rotatable bonds is 9. The van der Waals surface area contributed by atoms with E-state index < -0.39 is 0 Å². The van der Waals surface area contributed by atoms with Gasteiger partial charge in [-0.15, -0.1) is 0 Å². The number of allylic oxidation sites excluding steroid dienone is 3. The Morgan fingerprint density at radius 2 is 2.03 bits per heavy atom. The summed E-state index contributed by atoms with van der Waals surface area (Å²) in [6, 6.07) is 5.91. The molecule has 33 heavy (non-hydrogen) atoms. The lowest BCUT2D eigenvalue weighted by molar-refractivity contribution is -0.104. The fraction of sp³-hybridized carbons (Fsp3) is 0.462. The van der Waals surface area contributed by atoms with Gasteiger partial charge >= 0.3 is 6.09 Å². The number of aldehydes is 1. The third-order valence-electron chi connectivity index (χ3n) is 5.81. The molecule has 1 saturated heterocycles. The summed E-state index contributed by atoms with van der Waals surface area (Å²) in [5, 5.41) is 4.19. The van der Waals surface area contributed by atoms with E-state index in [0.717, 1.165) is 34.7 Å². The zero-order valence-corrected chi connectivity index (χ0v) is 22.2. The lowest BCUT2D eigenvalue weighted by Gasteiger charge is -2.39. The molecule has 1 fully saturated rings. The normalized spacial score (nSPS) is 17.7. The molecule has 0 saturated carbocycles. The van der Waals surface area contributed by atoms with Crippen molar-refractivity contribution < 1.29 is 14.3 Å². The molecule has 180 valence electrons. The molecular formula is C26H34BrClN2O3. The van der Waals surface area contributed by atoms with E-state index >= 15 is 0 Å². The molecule has 2 unspecified atom stereocenters. The van der Waals surface area contributed by atoms with Gasteiger partial charge in [-0.05, 0) is 81.4 Å². The fourth-order valence-electron chi connectivity index (χ4n) is 4.35. The Kier molecular flexibility index (Phi) is 11.2. The molecule has 0 radical (unpaired) electrons. The van der Waals surface area contributed by atoms with Crippen molar-refractivity contribution in [2.75, 3.05) is 19.7 Å². The van der Waals surface area contributed by atoms with E-state index in [0.29, 0.717) is 36.2 Å². The van der Waals surface area contributed by atoms with Crippen LogP contribution in [0.1, 0.15) is 57.6 Å². The van der Waals surface area contributed by atoms with Crippen LogP contribution in [0.25, 0.3) is 6.08 Å². The minimum absolute atomic E-state index is 0.0199. The van der Waals surface area contributed by atoms with Crippen LogP contribution in [0.15, 0.2) is 46.6 Å². The number of benzene rings is 1. The van der Waals surface area contributed by atoms with Crippen molar-refractivity contribution in [3.63, 3.8) is 0 Å². The zero-order chi connectivity index (χ0) is 24.4. The van der Waals surface area contributed by atoms with Gasteiger partial charge in [0.25, 0.3) is 0 Å². The van der Waals surface area contributed by atoms with E-state index in [1.165, 1.54) is 0 Å². The van der Waals surface area contributed by atoms with Crippen LogP contribution in [0, 0.1) is 5.92 Å². The van der Waals surface area contributed by atoms with E-state index in [2.05, 4.69) is 39.5 Å². The number of amides is 1. The maximum Gasteiger partial charge on any atom is 0.409 e. The Labute approximate surface area is 211 Å². The third kappa shape index (κ3) is 8.04. The molecule has 2 rings (SSSR count). The van der Waals surface area contributed by atoms with Crippen LogP contribution in [-0.2, 0) is 9.53 Å². The summed E-state index contributed by atoms with van der Waals surface area (Å²) < 4.78 is 6.20. The van der Waals surface area contributed by atoms with Crippen LogP contribution in [0.3, 0.4) is 0 Å². The standard InChI is InChI=1S/C26H34BrClN2O3/c1-5-7-24(29-16-19(4)27)25(20-10-12-30(13-11-20)26(32)33-6-2)23-9-8-22(28)15-21(23)14-18(3)17-31/h5,7-9,14-17,20,24-25,29H,6,10-13H2,1-4H3/b7-5-,18-14+,19-16+. The first kappa shape index (κ1) is 27.2. The van der Waals surface area contributed by atoms with E-state index in [1.54, 1.807) is 11.8 Å². The Balaban J connectivity index is 2.50. The largest absolute Gasteiger partial charge is 0.450 e. The van der Waals surface area contributed by atoms with Crippen molar-refractivity contribution in [1.29, 1.82) is 0 Å². The molecule has 1 aromatic carbocycles. The number of likely N-dealkylation sites (tertiary alicyclic amines) is 1. The highest BCUT2D eigenvalue weighted by Crippen LogP contribution is 2.39. The van der Waals surface area contributed by atoms with Gasteiger partial charge in [-0.1, -0.05) is 45.7 Å². The smallest absolute Gasteiger partial charge is 0.409 e. The number of hydrogen-bond acceptors (Lipinski definition) is 4. The van der Waals surface area contributed by atoms with E-state index in [9.17, 15) is 9.59 Å². The number of hydrogen-bond donors (Lipinski definition) is 1. The molecule has 1 N–H and O–H groups in total. The number of piperidine rings is 1. The molecule has 1 aliphatic heterocycles. The number of nitrogens with zero attached hydrogens (tertiary/aromatic N) is 1. The van der Waals surface area contributed by atoms with Gasteiger partial charge < -0.3 is 15.0 Å². The number of carbonyl (C=O) groups excluding carboxylic acids is 2. The lowest BCUT2D eigenvalue weighted by atomic mass is 9.74. The lowest BCUT2D eigenvalue weighted by Crippen LogP contribution is -2.43. The highest BCUT2D eigenvalue weighted by molar-refractivity contribution is 9.11. The zero-order valence-electron chi connectivity index (χ0n) is 19.8. The highest BCUT2D eigenvalue weighted by Gasteiger charge is 2.34. The van der Waals surface area contributed by atoms with Crippen LogP contribution in [0.2, 0.25) is 5.02 Å². The summed E-state index contributed by atoms with van der Waals surface area (Å²) in [5.41, 5.74) is 2.72. The molecule has 1 heterocycles. The first-order valence-corrected chi connectivity index (χ1v) is 12.5. The summed E-state index contributed by atoms with van der Waals surface area (Å²) in [5.74, 6) is 0.426. The van der Waals surface area contributed by atoms with Gasteiger partial charge in [0, 0.05) is 34.7 Å². The highest BCUT2D eigenvalue weighted by atomic mass is 79.9. The molecule has 0 bridgehead atoms. The Bertz CT molecular complexity index is 901. The first-order chi connectivity index (χ1) is 15.8. The second-order valence-electron chi connectivity index (χ2n) is 8.28. The summed E-state index contributed by atoms with van der Waals surface area (Å²) >= 11 is 9.85. The van der Waals surface area contributed by atoms with E-state index in [1.807, 2.05) is 45.2 Å². The first-order valence-electron chi connectivity index (χ1n) is 11.4. The van der Waals surface area contributed by atoms with Crippen molar-refractivity contribution in [2.24, 2.45) is 5.92 Å². The van der Waals surface area contributed by atoms with Crippen molar-refractivity contribution in [3.05, 3.63) is 62.8 Å². The predicted molar refractivity (Wildman–Crippen MR) is 140 cm³/mol. The van der Waals surface area contributed by atoms with Crippen LogP contribution in [0.4, 0.5) is 4.79 Å². The molecule has 1 aromatic rings. The molecule has 7 heteroatoms. The molecule has 5 nitrogen and oxygen atoms in total. The molecule has 1 amide bonds. The van der Waals surface area contributed by atoms with Crippen LogP contribution >= 0.6 is 27.5 Å². The minimum Gasteiger partial charge on any atom is -0.450 e. The minimum atomic E-state index is -0.245. The molecule has 0 aromatic heterocycles. The number of ether oxygens (including phenoxy) is 1. The Morgan fingerprint density at radius 3 is 2.61 bits per heavy atom. The van der Waals surface area contributed by atoms with Gasteiger partial charge in [0.05, 0.1) is 12.6 Å². The van der Waals surface area contributed by atoms with Crippen molar-refractivity contribution in [2.45, 2.75) is 52.5 Å². The molecule has 1 aliphatic rings. The molecule has 0 spiro atoms. The summed E-state index contributed by atoms with van der Waals surface area (Å²) in [7, 11) is 0. The Hall–Kier alpha value is -2.05. The van der Waals surface area contributed by atoms with Gasteiger partial charge in [0.1, 0.15) is 6.29 Å². The number of halogens is 2. The Morgan fingerprint density at radius 1 is 1.33 bits per heavy atom. The quantitative estimate of drug-likeness (QED) is 0.217. The topological polar surface area (TPSA) is 58.6 Å². The van der Waals surface area contributed by atoms with Crippen LogP contribution < -0.4 is 5.32 Å². The molecular weight excluding hydrogens is 504 g/mol. The maximum absolute atomic E-state index is 12.2. The average molecular weight is 538 g/mol. The van der Waals surface area contributed by atoms with Crippen LogP contribution in [0.5, 0.6) is 0 Å². The van der Waals surface area contributed by atoms with Crippen molar-refractivity contribution in [1.82, 2.24) is 10.2 Å². The predicted octanol–water partition coefficient (Wildman–Crippen LogP) is 6.68. The number of carbonyl (C=O) groups is 2. The van der Waals surface area contributed by atoms with Gasteiger partial charge in [-0.25, -0.2) is 4.79 Å². The fourth-order valence-corrected chi connectivity index (χ4v) is 4.66. The molecule has 0 aliphatic carbocycles. The van der Waals surface area contributed by atoms with E-state index in [-0.39, 0.29) is 18.1 Å². The van der Waals surface area contributed by atoms with Crippen molar-refractivity contribution >= 4 is 46.0 Å². The summed E-state index contributed by atoms with van der Waals surface area (Å²) in [4.78, 5) is 25.4. The van der Waals surface area contributed by atoms with E-state index in [4.69, 9.17) is 16.3 Å². The van der Waals surface area contributed by atoms with Gasteiger partial charge in [0.2, 0.25) is 0 Å². The summed E-state index contributed by atoms with van der Waals surface area (Å²) in [6.07, 6.45) is 10.4. The molecule has 2 atom stereocenters. The van der Waals surface area contributed by atoms with Crippen LogP contribution in [-0.4, -0.2) is 43.0 Å². The van der Waals surface area contributed by atoms with Gasteiger partial charge in [-0.2, -0.15) is 0 Å². The maximum atomic E-state index is 12.2. The van der Waals surface area contributed by atoms with Gasteiger partial charge in [0.15, 0.2) is 0 Å².